The lowest BCUT2D eigenvalue weighted by atomic mass is 9.88. The number of anilines is 1. The van der Waals surface area contributed by atoms with Gasteiger partial charge in [-0.3, -0.25) is 14.4 Å². The molecule has 6 nitrogen and oxygen atoms in total. The molecule has 3 aliphatic rings. The fourth-order valence-electron chi connectivity index (χ4n) is 4.98. The Kier molecular flexibility index (Phi) is 6.35. The average molecular weight is 416 g/mol. The van der Waals surface area contributed by atoms with E-state index in [-0.39, 0.29) is 24.8 Å². The third-order valence-corrected chi connectivity index (χ3v) is 6.69. The van der Waals surface area contributed by atoms with Crippen LogP contribution in [0, 0.1) is 11.7 Å². The first-order valence-corrected chi connectivity index (χ1v) is 11.2. The first kappa shape index (κ1) is 20.8. The largest absolute Gasteiger partial charge is 0.384 e. The van der Waals surface area contributed by atoms with Crippen LogP contribution in [-0.4, -0.2) is 60.1 Å². The van der Waals surface area contributed by atoms with E-state index in [2.05, 4.69) is 5.32 Å². The molecular formula is C23H30FN3O3. The Balaban J connectivity index is 1.49. The summed E-state index contributed by atoms with van der Waals surface area (Å²) in [7, 11) is 0. The van der Waals surface area contributed by atoms with Crippen molar-refractivity contribution in [3.05, 3.63) is 29.6 Å². The van der Waals surface area contributed by atoms with Gasteiger partial charge < -0.3 is 15.1 Å². The summed E-state index contributed by atoms with van der Waals surface area (Å²) in [5.74, 6) is -1.85. The number of Topliss-reactive ketones (excluding diaryl/α,β-unsaturated/α-hetero) is 1. The van der Waals surface area contributed by atoms with Crippen LogP contribution in [-0.2, 0) is 14.4 Å². The molecule has 1 saturated heterocycles. The number of benzene rings is 1. The molecular weight excluding hydrogens is 385 g/mol. The molecule has 0 radical (unpaired) electrons. The van der Waals surface area contributed by atoms with Gasteiger partial charge >= 0.3 is 0 Å². The Morgan fingerprint density at radius 2 is 1.80 bits per heavy atom. The quantitative estimate of drug-likeness (QED) is 0.726. The van der Waals surface area contributed by atoms with Crippen LogP contribution in [0.1, 0.15) is 56.4 Å². The monoisotopic (exact) mass is 415 g/mol. The summed E-state index contributed by atoms with van der Waals surface area (Å²) in [6, 6.07) is 4.23. The van der Waals surface area contributed by atoms with E-state index in [0.717, 1.165) is 51.6 Å². The number of ketones is 1. The molecule has 2 heterocycles. The van der Waals surface area contributed by atoms with Crippen LogP contribution < -0.4 is 5.32 Å². The van der Waals surface area contributed by atoms with Crippen LogP contribution in [0.2, 0.25) is 0 Å². The zero-order valence-electron chi connectivity index (χ0n) is 17.4. The maximum atomic E-state index is 13.5. The lowest BCUT2D eigenvalue weighted by Gasteiger charge is -2.30. The maximum absolute atomic E-state index is 13.5. The Hall–Kier alpha value is -2.44. The van der Waals surface area contributed by atoms with Gasteiger partial charge in [-0.05, 0) is 49.3 Å². The summed E-state index contributed by atoms with van der Waals surface area (Å²) in [5, 5.41) is 3.03. The van der Waals surface area contributed by atoms with Crippen LogP contribution >= 0.6 is 0 Å². The summed E-state index contributed by atoms with van der Waals surface area (Å²) >= 11 is 0. The molecule has 1 aromatic carbocycles. The molecule has 1 aliphatic carbocycles. The van der Waals surface area contributed by atoms with Crippen LogP contribution in [0.25, 0.3) is 0 Å². The number of rotatable bonds is 6. The lowest BCUT2D eigenvalue weighted by Crippen LogP contribution is -2.47. The SMILES string of the molecule is O=C(C(=O)N(CC(=O)N1CCCC1)CC1CCCCC1)C1CNc2cc(F)ccc21. The first-order valence-electron chi connectivity index (χ1n) is 11.2. The number of hydrogen-bond acceptors (Lipinski definition) is 4. The van der Waals surface area contributed by atoms with E-state index >= 15 is 0 Å². The molecule has 0 bridgehead atoms. The van der Waals surface area contributed by atoms with Gasteiger partial charge in [0.15, 0.2) is 0 Å². The third kappa shape index (κ3) is 4.50. The number of nitrogens with zero attached hydrogens (tertiary/aromatic N) is 2. The highest BCUT2D eigenvalue weighted by Gasteiger charge is 2.37. The summed E-state index contributed by atoms with van der Waals surface area (Å²) in [6.45, 7) is 2.16. The van der Waals surface area contributed by atoms with Crippen molar-refractivity contribution in [2.45, 2.75) is 50.9 Å². The van der Waals surface area contributed by atoms with Crippen molar-refractivity contribution in [1.82, 2.24) is 9.80 Å². The number of carbonyl (C=O) groups excluding carboxylic acids is 3. The van der Waals surface area contributed by atoms with Crippen LogP contribution in [0.15, 0.2) is 18.2 Å². The van der Waals surface area contributed by atoms with Gasteiger partial charge in [-0.2, -0.15) is 0 Å². The Labute approximate surface area is 176 Å². The zero-order chi connectivity index (χ0) is 21.1. The van der Waals surface area contributed by atoms with Gasteiger partial charge in [-0.15, -0.1) is 0 Å². The van der Waals surface area contributed by atoms with Gasteiger partial charge in [0.05, 0.1) is 5.92 Å². The van der Waals surface area contributed by atoms with Crippen molar-refractivity contribution in [2.24, 2.45) is 5.92 Å². The second-order valence-corrected chi connectivity index (χ2v) is 8.81. The zero-order valence-corrected chi connectivity index (χ0v) is 17.4. The maximum Gasteiger partial charge on any atom is 0.291 e. The number of likely N-dealkylation sites (tertiary alicyclic amines) is 1. The molecule has 0 spiro atoms. The highest BCUT2D eigenvalue weighted by atomic mass is 19.1. The molecule has 7 heteroatoms. The molecule has 1 aromatic rings. The molecule has 1 N–H and O–H groups in total. The van der Waals surface area contributed by atoms with E-state index in [1.54, 1.807) is 11.0 Å². The minimum Gasteiger partial charge on any atom is -0.384 e. The predicted octanol–water partition coefficient (Wildman–Crippen LogP) is 2.94. The standard InChI is InChI=1S/C23H30FN3O3/c24-17-8-9-18-19(13-25-20(18)12-17)22(29)23(30)27(14-16-6-2-1-3-7-16)15-21(28)26-10-4-5-11-26/h8-9,12,16,19,25H,1-7,10-11,13-15H2. The molecule has 30 heavy (non-hydrogen) atoms. The minimum atomic E-state index is -0.635. The molecule has 0 aromatic heterocycles. The Bertz CT molecular complexity index is 816. The Morgan fingerprint density at radius 3 is 2.53 bits per heavy atom. The van der Waals surface area contributed by atoms with Crippen molar-refractivity contribution < 1.29 is 18.8 Å². The fourth-order valence-corrected chi connectivity index (χ4v) is 4.98. The number of amides is 2. The van der Waals surface area contributed by atoms with Gasteiger partial charge in [0.2, 0.25) is 11.7 Å². The van der Waals surface area contributed by atoms with Gasteiger partial charge in [-0.25, -0.2) is 4.39 Å². The summed E-state index contributed by atoms with van der Waals surface area (Å²) in [6.07, 6.45) is 7.51. The second-order valence-electron chi connectivity index (χ2n) is 8.81. The van der Waals surface area contributed by atoms with E-state index in [9.17, 15) is 18.8 Å². The normalized spacial score (nSPS) is 21.2. The third-order valence-electron chi connectivity index (χ3n) is 6.69. The summed E-state index contributed by atoms with van der Waals surface area (Å²) < 4.78 is 13.5. The van der Waals surface area contributed by atoms with Crippen LogP contribution in [0.3, 0.4) is 0 Å². The van der Waals surface area contributed by atoms with Gasteiger partial charge in [0, 0.05) is 31.9 Å². The average Bonchev–Trinajstić information content (AvgIpc) is 3.43. The summed E-state index contributed by atoms with van der Waals surface area (Å²) in [4.78, 5) is 42.4. The van der Waals surface area contributed by atoms with Crippen molar-refractivity contribution >= 4 is 23.3 Å². The first-order chi connectivity index (χ1) is 14.5. The van der Waals surface area contributed by atoms with Crippen molar-refractivity contribution in [1.29, 1.82) is 0 Å². The topological polar surface area (TPSA) is 69.7 Å². The van der Waals surface area contributed by atoms with Crippen LogP contribution in [0.4, 0.5) is 10.1 Å². The molecule has 2 amide bonds. The number of fused-ring (bicyclic) bond motifs is 1. The van der Waals surface area contributed by atoms with Gasteiger partial charge in [-0.1, -0.05) is 25.3 Å². The number of hydrogen-bond donors (Lipinski definition) is 1. The molecule has 162 valence electrons. The van der Waals surface area contributed by atoms with Gasteiger partial charge in [0.1, 0.15) is 12.4 Å². The van der Waals surface area contributed by atoms with E-state index in [1.807, 2.05) is 0 Å². The van der Waals surface area contributed by atoms with Crippen molar-refractivity contribution in [3.63, 3.8) is 0 Å². The molecule has 1 atom stereocenters. The highest BCUT2D eigenvalue weighted by molar-refractivity contribution is 6.38. The smallest absolute Gasteiger partial charge is 0.291 e. The van der Waals surface area contributed by atoms with Crippen molar-refractivity contribution in [2.75, 3.05) is 38.0 Å². The predicted molar refractivity (Wildman–Crippen MR) is 112 cm³/mol. The van der Waals surface area contributed by atoms with E-state index < -0.39 is 17.6 Å². The number of halogens is 1. The fraction of sp³-hybridized carbons (Fsp3) is 0.609. The minimum absolute atomic E-state index is 0.0303. The highest BCUT2D eigenvalue weighted by Crippen LogP contribution is 2.33. The molecule has 1 saturated carbocycles. The molecule has 4 rings (SSSR count). The lowest BCUT2D eigenvalue weighted by molar-refractivity contribution is -0.148. The van der Waals surface area contributed by atoms with E-state index in [0.29, 0.717) is 23.7 Å². The molecule has 1 unspecified atom stereocenters. The van der Waals surface area contributed by atoms with Crippen molar-refractivity contribution in [3.8, 4) is 0 Å². The number of carbonyl (C=O) groups is 3. The van der Waals surface area contributed by atoms with Gasteiger partial charge in [0.25, 0.3) is 5.91 Å². The molecule has 2 aliphatic heterocycles. The second kappa shape index (κ2) is 9.14. The summed E-state index contributed by atoms with van der Waals surface area (Å²) in [5.41, 5.74) is 1.21. The Morgan fingerprint density at radius 1 is 1.07 bits per heavy atom. The van der Waals surface area contributed by atoms with E-state index in [1.165, 1.54) is 23.5 Å². The number of nitrogens with one attached hydrogen (secondary N) is 1. The van der Waals surface area contributed by atoms with Crippen LogP contribution in [0.5, 0.6) is 0 Å². The molecule has 2 fully saturated rings. The van der Waals surface area contributed by atoms with E-state index in [4.69, 9.17) is 0 Å².